The Balaban J connectivity index is 1.78. The van der Waals surface area contributed by atoms with Gasteiger partial charge < -0.3 is 19.9 Å². The average molecular weight is 438 g/mol. The number of nitrogens with zero attached hydrogens (tertiary/aromatic N) is 4. The molecule has 3 heterocycles. The van der Waals surface area contributed by atoms with Crippen molar-refractivity contribution >= 4 is 33.8 Å². The molecule has 7 heteroatoms. The lowest BCUT2D eigenvalue weighted by atomic mass is 10.0. The van der Waals surface area contributed by atoms with Crippen LogP contribution in [0.2, 0.25) is 0 Å². The molecule has 0 bridgehead atoms. The molecule has 1 amide bonds. The van der Waals surface area contributed by atoms with Gasteiger partial charge in [0, 0.05) is 24.9 Å². The van der Waals surface area contributed by atoms with E-state index in [-0.39, 0.29) is 12.1 Å². The summed E-state index contributed by atoms with van der Waals surface area (Å²) < 4.78 is 8.02. The molecule has 1 unspecified atom stereocenters. The molecule has 1 aliphatic heterocycles. The van der Waals surface area contributed by atoms with Crippen LogP contribution in [-0.4, -0.2) is 43.7 Å². The van der Waals surface area contributed by atoms with Crippen molar-refractivity contribution in [1.29, 1.82) is 0 Å². The van der Waals surface area contributed by atoms with Crippen molar-refractivity contribution in [3.8, 4) is 0 Å². The fraction of sp³-hybridized carbons (Fsp3) is 0.560. The molecule has 1 aromatic carbocycles. The zero-order valence-electron chi connectivity index (χ0n) is 19.7. The van der Waals surface area contributed by atoms with Gasteiger partial charge in [-0.1, -0.05) is 31.5 Å². The number of imidazole rings is 1. The van der Waals surface area contributed by atoms with Crippen LogP contribution in [0.3, 0.4) is 0 Å². The standard InChI is InChI=1S/C25H35N5O2/c1-5-6-14-20-28-21-22(18-12-7-8-13-19(18)27-23(21)26)30(20)16-17-11-9-10-15-29(17)24(31)32-25(2,3)4/h7-8,12-13,17H,5-6,9-11,14-16H2,1-4H3,(H2,26,27). The summed E-state index contributed by atoms with van der Waals surface area (Å²) in [4.78, 5) is 24.4. The second-order valence-electron chi connectivity index (χ2n) is 9.78. The van der Waals surface area contributed by atoms with Gasteiger partial charge in [0.2, 0.25) is 0 Å². The lowest BCUT2D eigenvalue weighted by molar-refractivity contribution is 0.00784. The van der Waals surface area contributed by atoms with Crippen LogP contribution in [0.4, 0.5) is 10.6 Å². The molecule has 172 valence electrons. The monoisotopic (exact) mass is 437 g/mol. The lowest BCUT2D eigenvalue weighted by Crippen LogP contribution is -2.48. The summed E-state index contributed by atoms with van der Waals surface area (Å²) in [6.07, 6.45) is 5.84. The van der Waals surface area contributed by atoms with Crippen molar-refractivity contribution in [3.63, 3.8) is 0 Å². The molecule has 2 N–H and O–H groups in total. The topological polar surface area (TPSA) is 86.3 Å². The molecule has 0 spiro atoms. The minimum Gasteiger partial charge on any atom is -0.444 e. The minimum atomic E-state index is -0.511. The van der Waals surface area contributed by atoms with Gasteiger partial charge in [-0.15, -0.1) is 0 Å². The molecule has 3 aromatic rings. The molecule has 2 aromatic heterocycles. The van der Waals surface area contributed by atoms with Crippen LogP contribution < -0.4 is 5.73 Å². The third-order valence-corrected chi connectivity index (χ3v) is 6.09. The number of anilines is 1. The Bertz CT molecular complexity index is 1110. The molecule has 1 fully saturated rings. The van der Waals surface area contributed by atoms with E-state index in [0.29, 0.717) is 12.4 Å². The van der Waals surface area contributed by atoms with Crippen molar-refractivity contribution < 1.29 is 9.53 Å². The molecule has 1 saturated heterocycles. The van der Waals surface area contributed by atoms with Crippen LogP contribution >= 0.6 is 0 Å². The Morgan fingerprint density at radius 1 is 1.22 bits per heavy atom. The van der Waals surface area contributed by atoms with Crippen molar-refractivity contribution in [2.45, 2.75) is 84.4 Å². The van der Waals surface area contributed by atoms with E-state index in [1.165, 1.54) is 0 Å². The number of nitrogens with two attached hydrogens (primary N) is 1. The normalized spacial score (nSPS) is 17.2. The van der Waals surface area contributed by atoms with Crippen molar-refractivity contribution in [2.24, 2.45) is 0 Å². The second kappa shape index (κ2) is 8.96. The largest absolute Gasteiger partial charge is 0.444 e. The van der Waals surface area contributed by atoms with Gasteiger partial charge in [-0.3, -0.25) is 0 Å². The van der Waals surface area contributed by atoms with Crippen LogP contribution in [0.15, 0.2) is 24.3 Å². The van der Waals surface area contributed by atoms with Gasteiger partial charge in [-0.2, -0.15) is 0 Å². The number of piperidine rings is 1. The number of benzene rings is 1. The van der Waals surface area contributed by atoms with Gasteiger partial charge in [0.1, 0.15) is 16.9 Å². The first-order valence-electron chi connectivity index (χ1n) is 11.8. The van der Waals surface area contributed by atoms with Crippen LogP contribution in [0.5, 0.6) is 0 Å². The highest BCUT2D eigenvalue weighted by Gasteiger charge is 2.32. The van der Waals surface area contributed by atoms with E-state index in [4.69, 9.17) is 15.5 Å². The zero-order valence-corrected chi connectivity index (χ0v) is 19.7. The summed E-state index contributed by atoms with van der Waals surface area (Å²) in [7, 11) is 0. The predicted molar refractivity (Wildman–Crippen MR) is 129 cm³/mol. The number of pyridine rings is 1. The Hall–Kier alpha value is -2.83. The summed E-state index contributed by atoms with van der Waals surface area (Å²) in [6.45, 7) is 9.33. The van der Waals surface area contributed by atoms with Gasteiger partial charge >= 0.3 is 6.09 Å². The average Bonchev–Trinajstić information content (AvgIpc) is 3.10. The highest BCUT2D eigenvalue weighted by Crippen LogP contribution is 2.31. The molecule has 7 nitrogen and oxygen atoms in total. The van der Waals surface area contributed by atoms with Crippen molar-refractivity contribution in [2.75, 3.05) is 12.3 Å². The number of rotatable bonds is 5. The quantitative estimate of drug-likeness (QED) is 0.585. The molecular weight excluding hydrogens is 402 g/mol. The number of hydrogen-bond acceptors (Lipinski definition) is 5. The Morgan fingerprint density at radius 3 is 2.75 bits per heavy atom. The molecule has 4 rings (SSSR count). The maximum Gasteiger partial charge on any atom is 0.410 e. The molecule has 1 atom stereocenters. The number of aromatic nitrogens is 3. The number of unbranched alkanes of at least 4 members (excludes halogenated alkanes) is 1. The third-order valence-electron chi connectivity index (χ3n) is 6.09. The van der Waals surface area contributed by atoms with Gasteiger partial charge in [0.25, 0.3) is 0 Å². The number of para-hydroxylation sites is 1. The number of carbonyl (C=O) groups excluding carboxylic acids is 1. The van der Waals surface area contributed by atoms with Gasteiger partial charge in [0.05, 0.1) is 17.1 Å². The minimum absolute atomic E-state index is 0.0597. The number of ether oxygens (including phenoxy) is 1. The van der Waals surface area contributed by atoms with Crippen LogP contribution in [-0.2, 0) is 17.7 Å². The number of fused-ring (bicyclic) bond motifs is 3. The van der Waals surface area contributed by atoms with Crippen LogP contribution in [0.1, 0.15) is 65.6 Å². The Morgan fingerprint density at radius 2 is 2.00 bits per heavy atom. The van der Waals surface area contributed by atoms with Crippen molar-refractivity contribution in [3.05, 3.63) is 30.1 Å². The summed E-state index contributed by atoms with van der Waals surface area (Å²) in [5, 5.41) is 1.05. The summed E-state index contributed by atoms with van der Waals surface area (Å²) >= 11 is 0. The maximum atomic E-state index is 13.0. The summed E-state index contributed by atoms with van der Waals surface area (Å²) in [6, 6.07) is 8.13. The van der Waals surface area contributed by atoms with Crippen LogP contribution in [0, 0.1) is 0 Å². The van der Waals surface area contributed by atoms with Gasteiger partial charge in [-0.25, -0.2) is 14.8 Å². The van der Waals surface area contributed by atoms with E-state index in [0.717, 1.165) is 72.8 Å². The number of nitrogen functional groups attached to an aromatic ring is 1. The lowest BCUT2D eigenvalue weighted by Gasteiger charge is -2.37. The fourth-order valence-electron chi connectivity index (χ4n) is 4.59. The number of hydrogen-bond donors (Lipinski definition) is 1. The van der Waals surface area contributed by atoms with E-state index >= 15 is 0 Å². The zero-order chi connectivity index (χ0) is 22.9. The number of carbonyl (C=O) groups is 1. The van der Waals surface area contributed by atoms with Gasteiger partial charge in [-0.05, 0) is 52.5 Å². The van der Waals surface area contributed by atoms with E-state index in [1.54, 1.807) is 0 Å². The first kappa shape index (κ1) is 22.4. The predicted octanol–water partition coefficient (Wildman–Crippen LogP) is 5.30. The van der Waals surface area contributed by atoms with E-state index in [2.05, 4.69) is 22.5 Å². The van der Waals surface area contributed by atoms with Crippen molar-refractivity contribution in [1.82, 2.24) is 19.4 Å². The first-order valence-corrected chi connectivity index (χ1v) is 11.8. The summed E-state index contributed by atoms with van der Waals surface area (Å²) in [5.74, 6) is 1.48. The third kappa shape index (κ3) is 4.52. The smallest absolute Gasteiger partial charge is 0.410 e. The molecule has 1 aliphatic rings. The fourth-order valence-corrected chi connectivity index (χ4v) is 4.59. The Labute approximate surface area is 189 Å². The second-order valence-corrected chi connectivity index (χ2v) is 9.78. The molecule has 32 heavy (non-hydrogen) atoms. The molecular formula is C25H35N5O2. The number of amides is 1. The number of aryl methyl sites for hydroxylation is 1. The SMILES string of the molecule is CCCCc1nc2c(N)nc3ccccc3c2n1CC1CCCCN1C(=O)OC(C)(C)C. The van der Waals surface area contributed by atoms with Crippen LogP contribution in [0.25, 0.3) is 21.9 Å². The molecule has 0 saturated carbocycles. The Kier molecular flexibility index (Phi) is 6.26. The highest BCUT2D eigenvalue weighted by molar-refractivity contribution is 6.06. The van der Waals surface area contributed by atoms with E-state index < -0.39 is 5.60 Å². The van der Waals surface area contributed by atoms with Gasteiger partial charge in [0.15, 0.2) is 5.82 Å². The molecule has 0 aliphatic carbocycles. The van der Waals surface area contributed by atoms with E-state index in [9.17, 15) is 4.79 Å². The maximum absolute atomic E-state index is 13.0. The summed E-state index contributed by atoms with van der Waals surface area (Å²) in [5.41, 5.74) is 8.48. The van der Waals surface area contributed by atoms with E-state index in [1.807, 2.05) is 43.9 Å². The highest BCUT2D eigenvalue weighted by atomic mass is 16.6. The number of likely N-dealkylation sites (tertiary alicyclic amines) is 1. The first-order chi connectivity index (χ1) is 15.3. The molecule has 0 radical (unpaired) electrons.